The fraction of sp³-hybridized carbons (Fsp3) is 0.125. The van der Waals surface area contributed by atoms with E-state index >= 15 is 0 Å². The van der Waals surface area contributed by atoms with E-state index in [0.717, 1.165) is 10.6 Å². The van der Waals surface area contributed by atoms with Gasteiger partial charge in [0.05, 0.1) is 0 Å². The molecule has 1 N–H and O–H groups in total. The van der Waals surface area contributed by atoms with Crippen molar-refractivity contribution < 1.29 is 4.79 Å². The molecule has 1 aliphatic carbocycles. The molecule has 0 spiro atoms. The molecule has 0 unspecified atom stereocenters. The predicted octanol–water partition coefficient (Wildman–Crippen LogP) is -0.0297. The third-order valence-corrected chi connectivity index (χ3v) is 1.64. The van der Waals surface area contributed by atoms with Gasteiger partial charge in [0.2, 0.25) is 0 Å². The Hall–Kier alpha value is -1.02. The van der Waals surface area contributed by atoms with E-state index in [-0.39, 0.29) is 18.2 Å². The van der Waals surface area contributed by atoms with Crippen LogP contribution in [0.2, 0.25) is 0 Å². The van der Waals surface area contributed by atoms with Crippen LogP contribution in [0.3, 0.4) is 0 Å². The number of H-pyrrole nitrogens is 1. The van der Waals surface area contributed by atoms with E-state index in [1.54, 1.807) is 6.08 Å². The van der Waals surface area contributed by atoms with Crippen molar-refractivity contribution in [3.05, 3.63) is 22.8 Å². The maximum absolute atomic E-state index is 10.8. The van der Waals surface area contributed by atoms with Crippen molar-refractivity contribution in [2.24, 2.45) is 0 Å². The third-order valence-electron chi connectivity index (χ3n) is 1.64. The van der Waals surface area contributed by atoms with Crippen LogP contribution in [0, 0.1) is 0 Å². The molecule has 0 amide bonds. The first-order valence-corrected chi connectivity index (χ1v) is 3.24. The lowest BCUT2D eigenvalue weighted by molar-refractivity contribution is -0.112. The van der Waals surface area contributed by atoms with Gasteiger partial charge in [-0.25, -0.2) is 0 Å². The van der Waals surface area contributed by atoms with Crippen molar-refractivity contribution in [2.75, 3.05) is 0 Å². The molecule has 0 saturated heterocycles. The molecule has 2 rings (SSSR count). The number of aromatic nitrogens is 1. The van der Waals surface area contributed by atoms with Gasteiger partial charge < -0.3 is 4.98 Å². The Labute approximate surface area is 70.0 Å². The highest BCUT2D eigenvalue weighted by atomic mass is 35.5. The van der Waals surface area contributed by atoms with Crippen LogP contribution in [0.4, 0.5) is 0 Å². The maximum Gasteiger partial charge on any atom is 0.160 e. The minimum atomic E-state index is 0. The van der Waals surface area contributed by atoms with Gasteiger partial charge in [0, 0.05) is 23.2 Å². The summed E-state index contributed by atoms with van der Waals surface area (Å²) in [7, 11) is 0. The largest absolute Gasteiger partial charge is 0.361 e. The molecular formula is C8H8ClNO. The van der Waals surface area contributed by atoms with E-state index in [1.807, 2.05) is 18.3 Å². The Kier molecular flexibility index (Phi) is 2.15. The molecule has 0 atom stereocenters. The van der Waals surface area contributed by atoms with Crippen LogP contribution in [0.15, 0.2) is 12.3 Å². The summed E-state index contributed by atoms with van der Waals surface area (Å²) in [5, 5.41) is 2.08. The van der Waals surface area contributed by atoms with E-state index in [0.29, 0.717) is 6.42 Å². The fourth-order valence-electron chi connectivity index (χ4n) is 1.13. The molecular weight excluding hydrogens is 162 g/mol. The van der Waals surface area contributed by atoms with Gasteiger partial charge in [-0.05, 0) is 12.1 Å². The van der Waals surface area contributed by atoms with Crippen molar-refractivity contribution in [1.82, 2.24) is 4.98 Å². The first-order chi connectivity index (χ1) is 4.86. The summed E-state index contributed by atoms with van der Waals surface area (Å²) in [6.07, 6.45) is 5.97. The second kappa shape index (κ2) is 2.93. The number of hydrogen-bond acceptors (Lipinski definition) is 1. The van der Waals surface area contributed by atoms with Crippen LogP contribution >= 0.6 is 12.4 Å². The van der Waals surface area contributed by atoms with Gasteiger partial charge in [0.1, 0.15) is 0 Å². The van der Waals surface area contributed by atoms with E-state index in [4.69, 9.17) is 0 Å². The Morgan fingerprint density at radius 3 is 3.09 bits per heavy atom. The first-order valence-electron chi connectivity index (χ1n) is 3.24. The first kappa shape index (κ1) is 8.08. The number of aromatic amines is 1. The molecule has 1 aliphatic rings. The summed E-state index contributed by atoms with van der Waals surface area (Å²) in [5.41, 5.74) is 0. The smallest absolute Gasteiger partial charge is 0.160 e. The standard InChI is InChI=1S/C8H7NO.ClH/c10-7-1-2-8-6(5-7)3-4-9-8;/h2-5,9H,1H2;1H. The number of Topliss-reactive ketones (excluding diaryl/α,β-unsaturated/α-hetero) is 1. The van der Waals surface area contributed by atoms with Crippen molar-refractivity contribution in [1.29, 1.82) is 0 Å². The number of hydrogen-bond donors (Lipinski definition) is 1. The quantitative estimate of drug-likeness (QED) is 0.582. The molecule has 1 heterocycles. The number of halogens is 1. The Morgan fingerprint density at radius 2 is 2.27 bits per heavy atom. The third kappa shape index (κ3) is 1.35. The normalized spacial score (nSPS) is 14.0. The van der Waals surface area contributed by atoms with E-state index in [2.05, 4.69) is 4.98 Å². The molecule has 0 bridgehead atoms. The Bertz CT molecular complexity index is 377. The summed E-state index contributed by atoms with van der Waals surface area (Å²) in [6, 6.07) is 1.91. The number of ketones is 1. The van der Waals surface area contributed by atoms with Crippen molar-refractivity contribution >= 4 is 30.3 Å². The molecule has 2 nitrogen and oxygen atoms in total. The number of nitrogens with one attached hydrogen (secondary N) is 1. The molecule has 0 aromatic carbocycles. The van der Waals surface area contributed by atoms with Gasteiger partial charge in [0.25, 0.3) is 0 Å². The number of carbonyl (C=O) groups excluding carboxylic acids is 1. The average Bonchev–Trinajstić information content (AvgIpc) is 2.33. The van der Waals surface area contributed by atoms with Gasteiger partial charge in [-0.1, -0.05) is 6.08 Å². The van der Waals surface area contributed by atoms with E-state index < -0.39 is 0 Å². The molecule has 0 fully saturated rings. The predicted molar refractivity (Wildman–Crippen MR) is 45.8 cm³/mol. The lowest BCUT2D eigenvalue weighted by Crippen LogP contribution is -2.26. The zero-order valence-corrected chi connectivity index (χ0v) is 6.65. The molecule has 0 saturated carbocycles. The van der Waals surface area contributed by atoms with Crippen molar-refractivity contribution in [2.45, 2.75) is 6.42 Å². The van der Waals surface area contributed by atoms with Crippen LogP contribution in [-0.4, -0.2) is 10.8 Å². The molecule has 1 aromatic heterocycles. The van der Waals surface area contributed by atoms with E-state index in [1.165, 1.54) is 0 Å². The van der Waals surface area contributed by atoms with E-state index in [9.17, 15) is 4.79 Å². The van der Waals surface area contributed by atoms with Gasteiger partial charge in [-0.3, -0.25) is 4.79 Å². The van der Waals surface area contributed by atoms with Gasteiger partial charge in [-0.2, -0.15) is 0 Å². The number of carbonyl (C=O) groups is 1. The second-order valence-electron chi connectivity index (χ2n) is 2.37. The van der Waals surface area contributed by atoms with Crippen LogP contribution in [0.25, 0.3) is 12.2 Å². The summed E-state index contributed by atoms with van der Waals surface area (Å²) in [6.45, 7) is 0. The molecule has 1 aromatic rings. The molecule has 0 radical (unpaired) electrons. The lowest BCUT2D eigenvalue weighted by Gasteiger charge is -1.91. The average molecular weight is 170 g/mol. The minimum Gasteiger partial charge on any atom is -0.361 e. The SMILES string of the molecule is Cl.O=C1C=c2cc[nH]c2=CC1. The molecule has 11 heavy (non-hydrogen) atoms. The maximum atomic E-state index is 10.8. The topological polar surface area (TPSA) is 32.9 Å². The fourth-order valence-corrected chi connectivity index (χ4v) is 1.13. The lowest BCUT2D eigenvalue weighted by atomic mass is 10.1. The summed E-state index contributed by atoms with van der Waals surface area (Å²) in [4.78, 5) is 13.9. The van der Waals surface area contributed by atoms with Crippen LogP contribution in [0.1, 0.15) is 6.42 Å². The highest BCUT2D eigenvalue weighted by Crippen LogP contribution is 1.88. The Morgan fingerprint density at radius 1 is 1.45 bits per heavy atom. The van der Waals surface area contributed by atoms with Gasteiger partial charge in [-0.15, -0.1) is 12.4 Å². The second-order valence-corrected chi connectivity index (χ2v) is 2.37. The van der Waals surface area contributed by atoms with Crippen molar-refractivity contribution in [3.63, 3.8) is 0 Å². The van der Waals surface area contributed by atoms with Crippen LogP contribution < -0.4 is 10.6 Å². The monoisotopic (exact) mass is 169 g/mol. The highest BCUT2D eigenvalue weighted by Gasteiger charge is 1.99. The molecule has 3 heteroatoms. The summed E-state index contributed by atoms with van der Waals surface area (Å²) >= 11 is 0. The van der Waals surface area contributed by atoms with Crippen LogP contribution in [-0.2, 0) is 4.79 Å². The molecule has 58 valence electrons. The van der Waals surface area contributed by atoms with Crippen molar-refractivity contribution in [3.8, 4) is 0 Å². The van der Waals surface area contributed by atoms with Crippen LogP contribution in [0.5, 0.6) is 0 Å². The van der Waals surface area contributed by atoms with Gasteiger partial charge in [0.15, 0.2) is 5.78 Å². The minimum absolute atomic E-state index is 0. The number of fused-ring (bicyclic) bond motifs is 1. The zero-order chi connectivity index (χ0) is 6.97. The van der Waals surface area contributed by atoms with Gasteiger partial charge >= 0.3 is 0 Å². The zero-order valence-electron chi connectivity index (χ0n) is 5.83. The molecule has 0 aliphatic heterocycles. The summed E-state index contributed by atoms with van der Waals surface area (Å²) < 4.78 is 0. The number of rotatable bonds is 0. The highest BCUT2D eigenvalue weighted by molar-refractivity contribution is 6.09. The Balaban J connectivity index is 0.000000605. The summed E-state index contributed by atoms with van der Waals surface area (Å²) in [5.74, 6) is 0.187.